The van der Waals surface area contributed by atoms with Gasteiger partial charge in [0.1, 0.15) is 0 Å². The van der Waals surface area contributed by atoms with Gasteiger partial charge in [0.2, 0.25) is 0 Å². The van der Waals surface area contributed by atoms with Crippen molar-refractivity contribution in [2.24, 2.45) is 0 Å². The number of nitrogens with one attached hydrogen (secondary N) is 1. The molecule has 0 unspecified atom stereocenters. The Balaban J connectivity index is 1.46. The number of imidazole rings is 1. The smallest absolute Gasteiger partial charge is 0.326 e. The lowest BCUT2D eigenvalue weighted by atomic mass is 9.79. The predicted octanol–water partition coefficient (Wildman–Crippen LogP) is 4.32. The van der Waals surface area contributed by atoms with Gasteiger partial charge < -0.3 is 9.72 Å². The second kappa shape index (κ2) is 7.68. The molecule has 28 heavy (non-hydrogen) atoms. The molecule has 0 radical (unpaired) electrons. The highest BCUT2D eigenvalue weighted by atomic mass is 16.5. The van der Waals surface area contributed by atoms with Crippen LogP contribution in [0.25, 0.3) is 11.0 Å². The maximum atomic E-state index is 12.7. The summed E-state index contributed by atoms with van der Waals surface area (Å²) in [5.74, 6) is 0. The highest BCUT2D eigenvalue weighted by Gasteiger charge is 2.38. The molecule has 0 bridgehead atoms. The third kappa shape index (κ3) is 3.55. The molecule has 1 N–H and O–H groups in total. The lowest BCUT2D eigenvalue weighted by Gasteiger charge is -2.48. The monoisotopic (exact) mass is 385 g/mol. The number of aryl methyl sites for hydroxylation is 2. The Labute approximate surface area is 168 Å². The first kappa shape index (κ1) is 19.7. The van der Waals surface area contributed by atoms with Crippen molar-refractivity contribution < 1.29 is 4.74 Å². The normalized spacial score (nSPS) is 27.5. The summed E-state index contributed by atoms with van der Waals surface area (Å²) >= 11 is 0. The van der Waals surface area contributed by atoms with Crippen molar-refractivity contribution >= 4 is 11.0 Å². The lowest BCUT2D eigenvalue weighted by Crippen LogP contribution is -2.53. The Hall–Kier alpha value is -1.59. The highest BCUT2D eigenvalue weighted by molar-refractivity contribution is 5.77. The zero-order valence-corrected chi connectivity index (χ0v) is 17.9. The van der Waals surface area contributed by atoms with Crippen LogP contribution in [0, 0.1) is 13.8 Å². The van der Waals surface area contributed by atoms with Gasteiger partial charge in [0.25, 0.3) is 0 Å². The maximum absolute atomic E-state index is 12.7. The molecule has 1 aromatic heterocycles. The number of hydrogen-bond donors (Lipinski definition) is 1. The van der Waals surface area contributed by atoms with E-state index in [1.165, 1.54) is 36.8 Å². The standard InChI is InChI=1S/C23H35N3O2/c1-5-28-19-6-10-23(4,11-7-19)25-12-8-18(9-13-25)26-21-15-17(3)16(2)14-20(21)24-22(26)27/h14-15,18-19H,5-13H2,1-4H3,(H,24,27). The Morgan fingerprint density at radius 2 is 1.75 bits per heavy atom. The van der Waals surface area contributed by atoms with E-state index in [1.807, 2.05) is 4.57 Å². The fraction of sp³-hybridized carbons (Fsp3) is 0.696. The summed E-state index contributed by atoms with van der Waals surface area (Å²) in [6, 6.07) is 4.57. The molecule has 4 rings (SSSR count). The van der Waals surface area contributed by atoms with Gasteiger partial charge in [0, 0.05) is 31.3 Å². The third-order valence-electron chi connectivity index (χ3n) is 7.34. The topological polar surface area (TPSA) is 50.3 Å². The van der Waals surface area contributed by atoms with Crippen LogP contribution >= 0.6 is 0 Å². The number of H-pyrrole nitrogens is 1. The quantitative estimate of drug-likeness (QED) is 0.853. The molecule has 2 fully saturated rings. The van der Waals surface area contributed by atoms with Gasteiger partial charge in [-0.05, 0) is 89.5 Å². The van der Waals surface area contributed by atoms with Gasteiger partial charge in [0.15, 0.2) is 0 Å². The molecule has 1 aromatic carbocycles. The molecule has 0 amide bonds. The number of hydrogen-bond acceptors (Lipinski definition) is 3. The summed E-state index contributed by atoms with van der Waals surface area (Å²) in [6.07, 6.45) is 7.32. The van der Waals surface area contributed by atoms with Crippen molar-refractivity contribution in [2.75, 3.05) is 19.7 Å². The SMILES string of the molecule is CCOC1CCC(C)(N2CCC(n3c(=O)[nH]c4cc(C)c(C)cc43)CC2)CC1. The first-order chi connectivity index (χ1) is 13.4. The van der Waals surface area contributed by atoms with Gasteiger partial charge >= 0.3 is 5.69 Å². The minimum absolute atomic E-state index is 0.0434. The van der Waals surface area contributed by atoms with Crippen molar-refractivity contribution in [3.05, 3.63) is 33.7 Å². The summed E-state index contributed by atoms with van der Waals surface area (Å²) in [7, 11) is 0. The van der Waals surface area contributed by atoms with E-state index in [0.29, 0.717) is 12.1 Å². The van der Waals surface area contributed by atoms with Crippen molar-refractivity contribution in [3.63, 3.8) is 0 Å². The first-order valence-electron chi connectivity index (χ1n) is 11.0. The van der Waals surface area contributed by atoms with E-state index in [2.05, 4.69) is 49.7 Å². The Kier molecular flexibility index (Phi) is 5.41. The molecular formula is C23H35N3O2. The van der Waals surface area contributed by atoms with Gasteiger partial charge in [-0.1, -0.05) is 0 Å². The summed E-state index contributed by atoms with van der Waals surface area (Å²) in [5.41, 5.74) is 4.84. The number of piperidine rings is 1. The zero-order chi connectivity index (χ0) is 19.9. The fourth-order valence-electron chi connectivity index (χ4n) is 5.34. The van der Waals surface area contributed by atoms with Gasteiger partial charge in [-0.15, -0.1) is 0 Å². The summed E-state index contributed by atoms with van der Waals surface area (Å²) in [5, 5.41) is 0. The molecule has 1 saturated heterocycles. The fourth-order valence-corrected chi connectivity index (χ4v) is 5.34. The minimum atomic E-state index is 0.0434. The molecule has 2 aliphatic rings. The van der Waals surface area contributed by atoms with Crippen LogP contribution in [0.2, 0.25) is 0 Å². The molecule has 154 valence electrons. The van der Waals surface area contributed by atoms with Gasteiger partial charge in [-0.3, -0.25) is 9.47 Å². The number of aromatic nitrogens is 2. The van der Waals surface area contributed by atoms with Crippen LogP contribution < -0.4 is 5.69 Å². The lowest BCUT2D eigenvalue weighted by molar-refractivity contribution is -0.0273. The van der Waals surface area contributed by atoms with Crippen molar-refractivity contribution in [1.29, 1.82) is 0 Å². The molecule has 0 spiro atoms. The number of aromatic amines is 1. The van der Waals surface area contributed by atoms with E-state index in [0.717, 1.165) is 43.6 Å². The third-order valence-corrected chi connectivity index (χ3v) is 7.34. The number of rotatable bonds is 4. The first-order valence-corrected chi connectivity index (χ1v) is 11.0. The Morgan fingerprint density at radius 1 is 1.11 bits per heavy atom. The van der Waals surface area contributed by atoms with Crippen LogP contribution in [-0.4, -0.2) is 45.8 Å². The van der Waals surface area contributed by atoms with E-state index < -0.39 is 0 Å². The van der Waals surface area contributed by atoms with E-state index in [9.17, 15) is 4.79 Å². The molecule has 1 aliphatic carbocycles. The van der Waals surface area contributed by atoms with E-state index in [4.69, 9.17) is 4.74 Å². The average Bonchev–Trinajstić information content (AvgIpc) is 2.99. The van der Waals surface area contributed by atoms with Gasteiger partial charge in [-0.25, -0.2) is 4.79 Å². The van der Waals surface area contributed by atoms with E-state index in [-0.39, 0.29) is 11.2 Å². The minimum Gasteiger partial charge on any atom is -0.379 e. The summed E-state index contributed by atoms with van der Waals surface area (Å²) in [4.78, 5) is 18.4. The average molecular weight is 386 g/mol. The van der Waals surface area contributed by atoms with Crippen LogP contribution in [0.1, 0.15) is 69.5 Å². The molecule has 0 atom stereocenters. The number of benzene rings is 1. The molecule has 1 aliphatic heterocycles. The van der Waals surface area contributed by atoms with Crippen LogP contribution in [-0.2, 0) is 4.74 Å². The Morgan fingerprint density at radius 3 is 2.39 bits per heavy atom. The zero-order valence-electron chi connectivity index (χ0n) is 17.9. The summed E-state index contributed by atoms with van der Waals surface area (Å²) < 4.78 is 7.86. The second-order valence-electron chi connectivity index (χ2n) is 9.12. The largest absolute Gasteiger partial charge is 0.379 e. The molecule has 1 saturated carbocycles. The van der Waals surface area contributed by atoms with E-state index >= 15 is 0 Å². The molecule has 2 aromatic rings. The number of ether oxygens (including phenoxy) is 1. The molecule has 5 heteroatoms. The maximum Gasteiger partial charge on any atom is 0.326 e. The van der Waals surface area contributed by atoms with Crippen molar-refractivity contribution in [3.8, 4) is 0 Å². The predicted molar refractivity (Wildman–Crippen MR) is 114 cm³/mol. The summed E-state index contributed by atoms with van der Waals surface area (Å²) in [6.45, 7) is 11.7. The van der Waals surface area contributed by atoms with Crippen LogP contribution in [0.4, 0.5) is 0 Å². The van der Waals surface area contributed by atoms with Crippen LogP contribution in [0.5, 0.6) is 0 Å². The van der Waals surface area contributed by atoms with Crippen LogP contribution in [0.15, 0.2) is 16.9 Å². The van der Waals surface area contributed by atoms with Crippen molar-refractivity contribution in [1.82, 2.24) is 14.5 Å². The van der Waals surface area contributed by atoms with E-state index in [1.54, 1.807) is 0 Å². The Bertz CT molecular complexity index is 881. The second-order valence-corrected chi connectivity index (χ2v) is 9.12. The highest BCUT2D eigenvalue weighted by Crippen LogP contribution is 2.38. The van der Waals surface area contributed by atoms with Gasteiger partial charge in [0.05, 0.1) is 17.1 Å². The number of nitrogens with zero attached hydrogens (tertiary/aromatic N) is 2. The van der Waals surface area contributed by atoms with Crippen molar-refractivity contribution in [2.45, 2.75) is 83.9 Å². The van der Waals surface area contributed by atoms with Crippen LogP contribution in [0.3, 0.4) is 0 Å². The molecule has 5 nitrogen and oxygen atoms in total. The molecule has 2 heterocycles. The molecular weight excluding hydrogens is 350 g/mol. The van der Waals surface area contributed by atoms with Gasteiger partial charge in [-0.2, -0.15) is 0 Å². The number of likely N-dealkylation sites (tertiary alicyclic amines) is 1. The number of fused-ring (bicyclic) bond motifs is 1.